The number of hydrogen-bond acceptors (Lipinski definition) is 4. The number of rotatable bonds is 4. The zero-order valence-corrected chi connectivity index (χ0v) is 9.78. The monoisotopic (exact) mass is 212 g/mol. The lowest BCUT2D eigenvalue weighted by atomic mass is 10.3. The van der Waals surface area contributed by atoms with E-state index in [1.54, 1.807) is 0 Å². The first-order valence-electron chi connectivity index (χ1n) is 5.19. The molecule has 15 heavy (non-hydrogen) atoms. The van der Waals surface area contributed by atoms with Crippen LogP contribution in [0.2, 0.25) is 0 Å². The summed E-state index contributed by atoms with van der Waals surface area (Å²) >= 11 is 0. The van der Waals surface area contributed by atoms with Crippen LogP contribution in [-0.4, -0.2) is 27.5 Å². The molecule has 0 aliphatic heterocycles. The van der Waals surface area contributed by atoms with Crippen LogP contribution in [0.15, 0.2) is 0 Å². The van der Waals surface area contributed by atoms with Gasteiger partial charge in [-0.05, 0) is 27.7 Å². The molecule has 1 rings (SSSR count). The van der Waals surface area contributed by atoms with Gasteiger partial charge in [-0.3, -0.25) is 0 Å². The molecule has 0 saturated heterocycles. The number of aliphatic hydroxyl groups is 1. The minimum Gasteiger partial charge on any atom is -0.394 e. The van der Waals surface area contributed by atoms with Gasteiger partial charge in [0.1, 0.15) is 5.82 Å². The average Bonchev–Trinajstić information content (AvgIpc) is 2.46. The van der Waals surface area contributed by atoms with Gasteiger partial charge in [-0.15, -0.1) is 0 Å². The van der Waals surface area contributed by atoms with Gasteiger partial charge in [-0.2, -0.15) is 5.10 Å². The molecule has 1 heterocycles. The Balaban J connectivity index is 3.02. The Morgan fingerprint density at radius 1 is 1.47 bits per heavy atom. The van der Waals surface area contributed by atoms with E-state index in [4.69, 9.17) is 10.8 Å². The molecular formula is C10H20N4O. The normalized spacial score (nSPS) is 13.2. The Kier molecular flexibility index (Phi) is 3.57. The van der Waals surface area contributed by atoms with Crippen LogP contribution in [0.1, 0.15) is 32.5 Å². The van der Waals surface area contributed by atoms with Gasteiger partial charge in [-0.1, -0.05) is 0 Å². The fraction of sp³-hybridized carbons (Fsp3) is 0.700. The van der Waals surface area contributed by atoms with Gasteiger partial charge in [0, 0.05) is 12.1 Å². The van der Waals surface area contributed by atoms with Crippen molar-refractivity contribution in [3.8, 4) is 0 Å². The summed E-state index contributed by atoms with van der Waals surface area (Å²) in [4.78, 5) is 0. The Hall–Kier alpha value is -1.23. The molecule has 1 atom stereocenters. The smallest absolute Gasteiger partial charge is 0.148 e. The number of nitrogens with zero attached hydrogens (tertiary/aromatic N) is 2. The fourth-order valence-electron chi connectivity index (χ4n) is 1.36. The molecular weight excluding hydrogens is 192 g/mol. The Morgan fingerprint density at radius 3 is 2.53 bits per heavy atom. The van der Waals surface area contributed by atoms with Crippen LogP contribution in [-0.2, 0) is 0 Å². The van der Waals surface area contributed by atoms with Gasteiger partial charge >= 0.3 is 0 Å². The molecule has 0 saturated carbocycles. The molecule has 1 aromatic rings. The fourth-order valence-corrected chi connectivity index (χ4v) is 1.36. The highest BCUT2D eigenvalue weighted by molar-refractivity contribution is 5.65. The minimum atomic E-state index is -0.0269. The van der Waals surface area contributed by atoms with Gasteiger partial charge in [0.2, 0.25) is 0 Å². The third-order valence-corrected chi connectivity index (χ3v) is 2.28. The number of nitrogens with two attached hydrogens (primary N) is 1. The number of hydrogen-bond donors (Lipinski definition) is 3. The van der Waals surface area contributed by atoms with Gasteiger partial charge in [0.05, 0.1) is 18.0 Å². The van der Waals surface area contributed by atoms with E-state index in [-0.39, 0.29) is 18.7 Å². The van der Waals surface area contributed by atoms with Crippen LogP contribution in [0.25, 0.3) is 0 Å². The van der Waals surface area contributed by atoms with Crippen LogP contribution < -0.4 is 11.1 Å². The van der Waals surface area contributed by atoms with Gasteiger partial charge < -0.3 is 16.2 Å². The summed E-state index contributed by atoms with van der Waals surface area (Å²) in [7, 11) is 0. The molecule has 1 aromatic heterocycles. The van der Waals surface area contributed by atoms with Crippen LogP contribution >= 0.6 is 0 Å². The SMILES string of the molecule is Cc1nn(C(C)C)c(NC(C)CO)c1N. The number of aromatic nitrogens is 2. The molecule has 4 N–H and O–H groups in total. The van der Waals surface area contributed by atoms with E-state index < -0.39 is 0 Å². The van der Waals surface area contributed by atoms with E-state index in [1.165, 1.54) is 0 Å². The minimum absolute atomic E-state index is 0.0269. The van der Waals surface area contributed by atoms with Crippen LogP contribution in [0.5, 0.6) is 0 Å². The Bertz CT molecular complexity index is 332. The number of nitrogens with one attached hydrogen (secondary N) is 1. The molecule has 1 unspecified atom stereocenters. The van der Waals surface area contributed by atoms with Crippen molar-refractivity contribution < 1.29 is 5.11 Å². The predicted molar refractivity (Wildman–Crippen MR) is 61.9 cm³/mol. The third kappa shape index (κ3) is 2.41. The highest BCUT2D eigenvalue weighted by atomic mass is 16.3. The Labute approximate surface area is 90.3 Å². The van der Waals surface area contributed by atoms with E-state index in [9.17, 15) is 0 Å². The molecule has 0 amide bonds. The zero-order valence-electron chi connectivity index (χ0n) is 9.78. The van der Waals surface area contributed by atoms with Crippen molar-refractivity contribution in [2.24, 2.45) is 0 Å². The second-order valence-corrected chi connectivity index (χ2v) is 4.11. The number of nitrogen functional groups attached to an aromatic ring is 1. The maximum atomic E-state index is 8.99. The Morgan fingerprint density at radius 2 is 2.07 bits per heavy atom. The molecule has 0 bridgehead atoms. The molecule has 0 fully saturated rings. The highest BCUT2D eigenvalue weighted by Gasteiger charge is 2.15. The first-order chi connectivity index (χ1) is 6.97. The van der Waals surface area contributed by atoms with Crippen molar-refractivity contribution in [3.05, 3.63) is 5.69 Å². The predicted octanol–water partition coefficient (Wildman–Crippen LogP) is 1.15. The van der Waals surface area contributed by atoms with Crippen molar-refractivity contribution >= 4 is 11.5 Å². The van der Waals surface area contributed by atoms with Crippen molar-refractivity contribution in [3.63, 3.8) is 0 Å². The summed E-state index contributed by atoms with van der Waals surface area (Å²) in [5.74, 6) is 0.795. The molecule has 5 nitrogen and oxygen atoms in total. The molecule has 0 spiro atoms. The summed E-state index contributed by atoms with van der Waals surface area (Å²) in [6.07, 6.45) is 0. The van der Waals surface area contributed by atoms with E-state index >= 15 is 0 Å². The van der Waals surface area contributed by atoms with Crippen LogP contribution in [0.3, 0.4) is 0 Å². The first-order valence-corrected chi connectivity index (χ1v) is 5.19. The largest absolute Gasteiger partial charge is 0.394 e. The lowest BCUT2D eigenvalue weighted by Crippen LogP contribution is -2.22. The average molecular weight is 212 g/mol. The molecule has 0 aliphatic rings. The number of aryl methyl sites for hydroxylation is 1. The van der Waals surface area contributed by atoms with E-state index in [2.05, 4.69) is 10.4 Å². The number of anilines is 2. The molecule has 0 radical (unpaired) electrons. The summed E-state index contributed by atoms with van der Waals surface area (Å²) < 4.78 is 1.84. The van der Waals surface area contributed by atoms with Gasteiger partial charge in [0.15, 0.2) is 0 Å². The zero-order chi connectivity index (χ0) is 11.6. The van der Waals surface area contributed by atoms with E-state index in [0.29, 0.717) is 5.69 Å². The lowest BCUT2D eigenvalue weighted by Gasteiger charge is -2.16. The molecule has 5 heteroatoms. The molecule has 0 aromatic carbocycles. The van der Waals surface area contributed by atoms with E-state index in [1.807, 2.05) is 32.4 Å². The summed E-state index contributed by atoms with van der Waals surface area (Å²) in [5.41, 5.74) is 7.39. The van der Waals surface area contributed by atoms with Crippen LogP contribution in [0.4, 0.5) is 11.5 Å². The maximum absolute atomic E-state index is 8.99. The standard InChI is InChI=1S/C10H20N4O/c1-6(2)14-10(12-7(3)5-15)9(11)8(4)13-14/h6-7,12,15H,5,11H2,1-4H3. The van der Waals surface area contributed by atoms with Crippen molar-refractivity contribution in [1.29, 1.82) is 0 Å². The number of aliphatic hydroxyl groups excluding tert-OH is 1. The summed E-state index contributed by atoms with van der Waals surface area (Å²) in [5, 5.41) is 16.5. The van der Waals surface area contributed by atoms with E-state index in [0.717, 1.165) is 11.5 Å². The lowest BCUT2D eigenvalue weighted by molar-refractivity contribution is 0.280. The molecule has 0 aliphatic carbocycles. The van der Waals surface area contributed by atoms with Crippen molar-refractivity contribution in [1.82, 2.24) is 9.78 Å². The summed E-state index contributed by atoms with van der Waals surface area (Å²) in [6.45, 7) is 7.93. The van der Waals surface area contributed by atoms with Gasteiger partial charge in [-0.25, -0.2) is 4.68 Å². The van der Waals surface area contributed by atoms with Gasteiger partial charge in [0.25, 0.3) is 0 Å². The quantitative estimate of drug-likeness (QED) is 0.699. The second-order valence-electron chi connectivity index (χ2n) is 4.11. The van der Waals surface area contributed by atoms with Crippen LogP contribution in [0, 0.1) is 6.92 Å². The second kappa shape index (κ2) is 4.53. The molecule has 86 valence electrons. The third-order valence-electron chi connectivity index (χ3n) is 2.28. The van der Waals surface area contributed by atoms with Crippen molar-refractivity contribution in [2.45, 2.75) is 39.8 Å². The topological polar surface area (TPSA) is 76.1 Å². The summed E-state index contributed by atoms with van der Waals surface area (Å²) in [6, 6.07) is 0.218. The highest BCUT2D eigenvalue weighted by Crippen LogP contribution is 2.25. The first kappa shape index (κ1) is 11.8. The maximum Gasteiger partial charge on any atom is 0.148 e. The van der Waals surface area contributed by atoms with Crippen molar-refractivity contribution in [2.75, 3.05) is 17.7 Å².